The van der Waals surface area contributed by atoms with Gasteiger partial charge in [0, 0.05) is 43.5 Å². The number of halogens is 1. The van der Waals surface area contributed by atoms with Gasteiger partial charge in [0.2, 0.25) is 0 Å². The summed E-state index contributed by atoms with van der Waals surface area (Å²) in [4.78, 5) is 8.35. The standard InChI is InChI=1S/C13H21FN4/c1-17-5-6-18(2)10(9-17)7-13(15)11-3-4-16-8-12(11)14/h3-4,8,10,13H,5-7,9,15H2,1-2H3. The molecule has 0 amide bonds. The van der Waals surface area contributed by atoms with Crippen LogP contribution in [0, 0.1) is 5.82 Å². The second-order valence-electron chi connectivity index (χ2n) is 5.14. The second-order valence-corrected chi connectivity index (χ2v) is 5.14. The van der Waals surface area contributed by atoms with Crippen LogP contribution in [-0.4, -0.2) is 54.6 Å². The molecule has 100 valence electrons. The first-order valence-corrected chi connectivity index (χ1v) is 6.31. The molecule has 1 aliphatic heterocycles. The summed E-state index contributed by atoms with van der Waals surface area (Å²) in [7, 11) is 4.21. The second kappa shape index (κ2) is 5.73. The third kappa shape index (κ3) is 3.04. The topological polar surface area (TPSA) is 45.4 Å². The Morgan fingerprint density at radius 1 is 1.50 bits per heavy atom. The average molecular weight is 252 g/mol. The number of piperazine rings is 1. The molecule has 1 aliphatic rings. The van der Waals surface area contributed by atoms with E-state index < -0.39 is 0 Å². The fourth-order valence-corrected chi connectivity index (χ4v) is 2.46. The van der Waals surface area contributed by atoms with Crippen LogP contribution in [0.2, 0.25) is 0 Å². The van der Waals surface area contributed by atoms with E-state index in [2.05, 4.69) is 28.9 Å². The number of likely N-dealkylation sites (N-methyl/N-ethyl adjacent to an activating group) is 2. The number of hydrogen-bond acceptors (Lipinski definition) is 4. The molecule has 0 radical (unpaired) electrons. The predicted octanol–water partition coefficient (Wildman–Crippen LogP) is 0.856. The minimum absolute atomic E-state index is 0.271. The minimum atomic E-state index is -0.309. The molecule has 1 fully saturated rings. The van der Waals surface area contributed by atoms with Gasteiger partial charge in [-0.1, -0.05) is 0 Å². The van der Waals surface area contributed by atoms with E-state index in [1.807, 2.05) is 0 Å². The number of pyridine rings is 1. The van der Waals surface area contributed by atoms with Crippen LogP contribution in [0.5, 0.6) is 0 Å². The Balaban J connectivity index is 2.02. The number of aromatic nitrogens is 1. The molecule has 1 saturated heterocycles. The monoisotopic (exact) mass is 252 g/mol. The van der Waals surface area contributed by atoms with Gasteiger partial charge in [0.15, 0.2) is 0 Å². The Morgan fingerprint density at radius 2 is 2.28 bits per heavy atom. The zero-order chi connectivity index (χ0) is 13.1. The molecule has 0 saturated carbocycles. The summed E-state index contributed by atoms with van der Waals surface area (Å²) in [5, 5.41) is 0. The van der Waals surface area contributed by atoms with Gasteiger partial charge in [-0.3, -0.25) is 4.98 Å². The first kappa shape index (κ1) is 13.4. The van der Waals surface area contributed by atoms with Crippen molar-refractivity contribution in [1.82, 2.24) is 14.8 Å². The molecule has 5 heteroatoms. The third-order valence-corrected chi connectivity index (χ3v) is 3.71. The molecule has 0 spiro atoms. The van der Waals surface area contributed by atoms with Crippen molar-refractivity contribution in [2.75, 3.05) is 33.7 Å². The molecule has 18 heavy (non-hydrogen) atoms. The third-order valence-electron chi connectivity index (χ3n) is 3.71. The number of nitrogens with two attached hydrogens (primary N) is 1. The lowest BCUT2D eigenvalue weighted by atomic mass is 9.98. The van der Waals surface area contributed by atoms with Crippen molar-refractivity contribution in [3.8, 4) is 0 Å². The van der Waals surface area contributed by atoms with Crippen LogP contribution in [0.3, 0.4) is 0 Å². The lowest BCUT2D eigenvalue weighted by Gasteiger charge is -2.38. The van der Waals surface area contributed by atoms with Gasteiger partial charge in [-0.25, -0.2) is 4.39 Å². The lowest BCUT2D eigenvalue weighted by molar-refractivity contribution is 0.104. The van der Waals surface area contributed by atoms with Crippen molar-refractivity contribution >= 4 is 0 Å². The highest BCUT2D eigenvalue weighted by molar-refractivity contribution is 5.17. The van der Waals surface area contributed by atoms with Gasteiger partial charge < -0.3 is 15.5 Å². The van der Waals surface area contributed by atoms with Crippen molar-refractivity contribution in [2.45, 2.75) is 18.5 Å². The van der Waals surface area contributed by atoms with E-state index in [0.717, 1.165) is 26.1 Å². The summed E-state index contributed by atoms with van der Waals surface area (Å²) >= 11 is 0. The average Bonchev–Trinajstić information content (AvgIpc) is 2.34. The molecule has 2 heterocycles. The fourth-order valence-electron chi connectivity index (χ4n) is 2.46. The van der Waals surface area contributed by atoms with Crippen LogP contribution in [0.4, 0.5) is 4.39 Å². The highest BCUT2D eigenvalue weighted by atomic mass is 19.1. The molecule has 0 aliphatic carbocycles. The molecular formula is C13H21FN4. The summed E-state index contributed by atoms with van der Waals surface area (Å²) in [6.07, 6.45) is 3.59. The number of rotatable bonds is 3. The number of nitrogens with zero attached hydrogens (tertiary/aromatic N) is 3. The Morgan fingerprint density at radius 3 is 3.00 bits per heavy atom. The Kier molecular flexibility index (Phi) is 4.27. The van der Waals surface area contributed by atoms with Crippen molar-refractivity contribution < 1.29 is 4.39 Å². The highest BCUT2D eigenvalue weighted by Gasteiger charge is 2.25. The van der Waals surface area contributed by atoms with Crippen LogP contribution in [-0.2, 0) is 0 Å². The summed E-state index contributed by atoms with van der Waals surface area (Å²) in [6.45, 7) is 3.09. The van der Waals surface area contributed by atoms with Crippen LogP contribution < -0.4 is 5.73 Å². The molecular weight excluding hydrogens is 231 g/mol. The zero-order valence-corrected chi connectivity index (χ0v) is 11.0. The van der Waals surface area contributed by atoms with Crippen molar-refractivity contribution in [1.29, 1.82) is 0 Å². The molecule has 4 nitrogen and oxygen atoms in total. The number of hydrogen-bond donors (Lipinski definition) is 1. The van der Waals surface area contributed by atoms with Crippen molar-refractivity contribution in [2.24, 2.45) is 5.73 Å². The van der Waals surface area contributed by atoms with Gasteiger partial charge in [-0.15, -0.1) is 0 Å². The molecule has 2 N–H and O–H groups in total. The van der Waals surface area contributed by atoms with Gasteiger partial charge in [-0.05, 0) is 26.6 Å². The van der Waals surface area contributed by atoms with E-state index in [-0.39, 0.29) is 11.9 Å². The first-order chi connectivity index (χ1) is 8.58. The smallest absolute Gasteiger partial charge is 0.146 e. The molecule has 0 bridgehead atoms. The lowest BCUT2D eigenvalue weighted by Crippen LogP contribution is -2.50. The molecule has 2 rings (SSSR count). The first-order valence-electron chi connectivity index (χ1n) is 6.31. The van der Waals surface area contributed by atoms with Gasteiger partial charge in [-0.2, -0.15) is 0 Å². The van der Waals surface area contributed by atoms with Crippen LogP contribution >= 0.6 is 0 Å². The summed E-state index contributed by atoms with van der Waals surface area (Å²) in [6, 6.07) is 1.78. The predicted molar refractivity (Wildman–Crippen MR) is 69.7 cm³/mol. The normalized spacial score (nSPS) is 24.1. The Labute approximate surface area is 108 Å². The maximum absolute atomic E-state index is 13.6. The van der Waals surface area contributed by atoms with Crippen LogP contribution in [0.25, 0.3) is 0 Å². The Hall–Kier alpha value is -1.04. The van der Waals surface area contributed by atoms with Gasteiger partial charge in [0.25, 0.3) is 0 Å². The quantitative estimate of drug-likeness (QED) is 0.866. The summed E-state index contributed by atoms with van der Waals surface area (Å²) in [5.74, 6) is -0.309. The highest BCUT2D eigenvalue weighted by Crippen LogP contribution is 2.21. The molecule has 1 aromatic heterocycles. The maximum atomic E-state index is 13.6. The molecule has 2 atom stereocenters. The van der Waals surface area contributed by atoms with E-state index in [4.69, 9.17) is 5.73 Å². The van der Waals surface area contributed by atoms with Crippen molar-refractivity contribution in [3.05, 3.63) is 29.8 Å². The van der Waals surface area contributed by atoms with E-state index >= 15 is 0 Å². The molecule has 2 unspecified atom stereocenters. The molecule has 0 aromatic carbocycles. The van der Waals surface area contributed by atoms with E-state index in [9.17, 15) is 4.39 Å². The van der Waals surface area contributed by atoms with E-state index in [0.29, 0.717) is 11.6 Å². The fraction of sp³-hybridized carbons (Fsp3) is 0.615. The van der Waals surface area contributed by atoms with Crippen molar-refractivity contribution in [3.63, 3.8) is 0 Å². The Bertz CT molecular complexity index is 398. The van der Waals surface area contributed by atoms with E-state index in [1.54, 1.807) is 12.3 Å². The molecule has 1 aromatic rings. The van der Waals surface area contributed by atoms with Gasteiger partial charge >= 0.3 is 0 Å². The largest absolute Gasteiger partial charge is 0.324 e. The van der Waals surface area contributed by atoms with E-state index in [1.165, 1.54) is 6.20 Å². The van der Waals surface area contributed by atoms with Gasteiger partial charge in [0.05, 0.1) is 6.20 Å². The summed E-state index contributed by atoms with van der Waals surface area (Å²) < 4.78 is 13.6. The minimum Gasteiger partial charge on any atom is -0.324 e. The zero-order valence-electron chi connectivity index (χ0n) is 11.0. The van der Waals surface area contributed by atoms with Crippen LogP contribution in [0.1, 0.15) is 18.0 Å². The van der Waals surface area contributed by atoms with Crippen LogP contribution in [0.15, 0.2) is 18.5 Å². The maximum Gasteiger partial charge on any atom is 0.146 e. The van der Waals surface area contributed by atoms with Gasteiger partial charge in [0.1, 0.15) is 5.82 Å². The SMILES string of the molecule is CN1CCN(C)C(CC(N)c2ccncc2F)C1. The summed E-state index contributed by atoms with van der Waals surface area (Å²) in [5.41, 5.74) is 6.68.